The molecule has 0 fully saturated rings. The summed E-state index contributed by atoms with van der Waals surface area (Å²) in [4.78, 5) is 20.9. The second-order valence-corrected chi connectivity index (χ2v) is 3.14. The lowest BCUT2D eigenvalue weighted by Crippen LogP contribution is -2.08. The monoisotopic (exact) mass is 244 g/mol. The van der Waals surface area contributed by atoms with Crippen molar-refractivity contribution in [2.75, 3.05) is 19.8 Å². The SMILES string of the molecule is C=C(C)C(=O)OCC.C=C(C)C(=O)OCCO. The lowest BCUT2D eigenvalue weighted by molar-refractivity contribution is -0.140. The maximum Gasteiger partial charge on any atom is 0.333 e. The van der Waals surface area contributed by atoms with Gasteiger partial charge in [-0.15, -0.1) is 0 Å². The van der Waals surface area contributed by atoms with Crippen LogP contribution < -0.4 is 0 Å². The van der Waals surface area contributed by atoms with Gasteiger partial charge in [-0.2, -0.15) is 0 Å². The molecule has 0 amide bonds. The highest BCUT2D eigenvalue weighted by atomic mass is 16.5. The molecule has 0 aliphatic rings. The number of hydrogen-bond acceptors (Lipinski definition) is 5. The van der Waals surface area contributed by atoms with Gasteiger partial charge in [0.25, 0.3) is 0 Å². The summed E-state index contributed by atoms with van der Waals surface area (Å²) in [7, 11) is 0. The molecule has 0 aliphatic carbocycles. The molecule has 0 radical (unpaired) electrons. The molecular formula is C12H20O5. The van der Waals surface area contributed by atoms with Gasteiger partial charge in [0.15, 0.2) is 0 Å². The Bertz CT molecular complexity index is 281. The number of esters is 2. The summed E-state index contributed by atoms with van der Waals surface area (Å²) in [6, 6.07) is 0. The van der Waals surface area contributed by atoms with Gasteiger partial charge in [0.05, 0.1) is 13.2 Å². The number of hydrogen-bond donors (Lipinski definition) is 1. The number of carbonyl (C=O) groups excluding carboxylic acids is 2. The van der Waals surface area contributed by atoms with E-state index in [9.17, 15) is 9.59 Å². The normalized spacial score (nSPS) is 8.47. The molecule has 0 heterocycles. The summed E-state index contributed by atoms with van der Waals surface area (Å²) in [6.07, 6.45) is 0. The van der Waals surface area contributed by atoms with E-state index in [1.54, 1.807) is 20.8 Å². The first-order valence-electron chi connectivity index (χ1n) is 5.12. The van der Waals surface area contributed by atoms with E-state index in [4.69, 9.17) is 5.11 Å². The van der Waals surface area contributed by atoms with E-state index in [0.29, 0.717) is 17.8 Å². The van der Waals surface area contributed by atoms with Crippen LogP contribution in [0.25, 0.3) is 0 Å². The third kappa shape index (κ3) is 12.3. The van der Waals surface area contributed by atoms with Crippen LogP contribution in [0.5, 0.6) is 0 Å². The smallest absolute Gasteiger partial charge is 0.333 e. The zero-order valence-corrected chi connectivity index (χ0v) is 10.6. The molecule has 17 heavy (non-hydrogen) atoms. The first kappa shape index (κ1) is 17.8. The van der Waals surface area contributed by atoms with E-state index >= 15 is 0 Å². The van der Waals surface area contributed by atoms with Gasteiger partial charge in [-0.1, -0.05) is 13.2 Å². The molecule has 0 aromatic rings. The second kappa shape index (κ2) is 10.9. The van der Waals surface area contributed by atoms with Crippen LogP contribution in [-0.2, 0) is 19.1 Å². The highest BCUT2D eigenvalue weighted by Crippen LogP contribution is 1.90. The summed E-state index contributed by atoms with van der Waals surface area (Å²) in [5.41, 5.74) is 0.801. The first-order valence-corrected chi connectivity index (χ1v) is 5.12. The van der Waals surface area contributed by atoms with Crippen LogP contribution in [-0.4, -0.2) is 36.9 Å². The molecule has 0 unspecified atom stereocenters. The first-order chi connectivity index (χ1) is 7.86. The fourth-order valence-corrected chi connectivity index (χ4v) is 0.516. The van der Waals surface area contributed by atoms with Crippen LogP contribution in [0.3, 0.4) is 0 Å². The molecule has 0 aliphatic heterocycles. The maximum absolute atomic E-state index is 10.5. The van der Waals surface area contributed by atoms with Crippen LogP contribution in [0.4, 0.5) is 0 Å². The third-order valence-corrected chi connectivity index (χ3v) is 1.30. The van der Waals surface area contributed by atoms with Gasteiger partial charge in [-0.05, 0) is 20.8 Å². The summed E-state index contributed by atoms with van der Waals surface area (Å²) in [6.45, 7) is 12.0. The van der Waals surface area contributed by atoms with Crippen LogP contribution >= 0.6 is 0 Å². The zero-order valence-electron chi connectivity index (χ0n) is 10.6. The highest BCUT2D eigenvalue weighted by Gasteiger charge is 2.00. The molecule has 0 spiro atoms. The van der Waals surface area contributed by atoms with E-state index in [1.165, 1.54) is 0 Å². The Balaban J connectivity index is 0. The van der Waals surface area contributed by atoms with Gasteiger partial charge in [0, 0.05) is 11.1 Å². The lowest BCUT2D eigenvalue weighted by atomic mass is 10.4. The van der Waals surface area contributed by atoms with Crippen molar-refractivity contribution in [1.29, 1.82) is 0 Å². The summed E-state index contributed by atoms with van der Waals surface area (Å²) in [5, 5.41) is 8.19. The van der Waals surface area contributed by atoms with Gasteiger partial charge >= 0.3 is 11.9 Å². The average molecular weight is 244 g/mol. The lowest BCUT2D eigenvalue weighted by Gasteiger charge is -1.99. The molecule has 0 saturated heterocycles. The zero-order chi connectivity index (χ0) is 13.8. The average Bonchev–Trinajstić information content (AvgIpc) is 2.26. The van der Waals surface area contributed by atoms with Crippen LogP contribution in [0.1, 0.15) is 20.8 Å². The van der Waals surface area contributed by atoms with Crippen molar-refractivity contribution in [3.63, 3.8) is 0 Å². The Kier molecular flexibility index (Phi) is 11.4. The summed E-state index contributed by atoms with van der Waals surface area (Å²) >= 11 is 0. The number of rotatable bonds is 5. The molecule has 0 bridgehead atoms. The fraction of sp³-hybridized carbons (Fsp3) is 0.500. The second-order valence-electron chi connectivity index (χ2n) is 3.14. The van der Waals surface area contributed by atoms with Crippen molar-refractivity contribution < 1.29 is 24.2 Å². The van der Waals surface area contributed by atoms with E-state index < -0.39 is 5.97 Å². The van der Waals surface area contributed by atoms with Crippen molar-refractivity contribution >= 4 is 11.9 Å². The Morgan fingerprint density at radius 1 is 1.06 bits per heavy atom. The molecule has 1 N–H and O–H groups in total. The van der Waals surface area contributed by atoms with Gasteiger partial charge in [0.2, 0.25) is 0 Å². The molecule has 0 aromatic heterocycles. The molecule has 98 valence electrons. The van der Waals surface area contributed by atoms with Gasteiger partial charge in [-0.25, -0.2) is 9.59 Å². The maximum atomic E-state index is 10.5. The molecule has 0 rings (SSSR count). The van der Waals surface area contributed by atoms with Crippen molar-refractivity contribution in [3.8, 4) is 0 Å². The molecule has 0 atom stereocenters. The third-order valence-electron chi connectivity index (χ3n) is 1.30. The molecule has 5 heteroatoms. The van der Waals surface area contributed by atoms with E-state index in [-0.39, 0.29) is 19.2 Å². The Morgan fingerprint density at radius 3 is 1.71 bits per heavy atom. The largest absolute Gasteiger partial charge is 0.463 e. The molecule has 5 nitrogen and oxygen atoms in total. The predicted octanol–water partition coefficient (Wildman–Crippen LogP) is 1.22. The number of aliphatic hydroxyl groups excluding tert-OH is 1. The van der Waals surface area contributed by atoms with E-state index in [2.05, 4.69) is 22.6 Å². The van der Waals surface area contributed by atoms with E-state index in [0.717, 1.165) is 0 Å². The standard InChI is InChI=1S/C6H10O3.C6H10O2/c1-5(2)6(8)9-4-3-7;1-4-8-6(7)5(2)3/h7H,1,3-4H2,2H3;2,4H2,1,3H3. The molecule has 0 aromatic carbocycles. The highest BCUT2D eigenvalue weighted by molar-refractivity contribution is 5.87. The van der Waals surface area contributed by atoms with E-state index in [1.807, 2.05) is 0 Å². The quantitative estimate of drug-likeness (QED) is 0.581. The predicted molar refractivity (Wildman–Crippen MR) is 64.3 cm³/mol. The summed E-state index contributed by atoms with van der Waals surface area (Å²) < 4.78 is 9.03. The minimum Gasteiger partial charge on any atom is -0.463 e. The van der Waals surface area contributed by atoms with Crippen molar-refractivity contribution in [2.24, 2.45) is 0 Å². The van der Waals surface area contributed by atoms with Crippen molar-refractivity contribution in [2.45, 2.75) is 20.8 Å². The minimum absolute atomic E-state index is 0.0473. The van der Waals surface area contributed by atoms with Crippen molar-refractivity contribution in [1.82, 2.24) is 0 Å². The van der Waals surface area contributed by atoms with Gasteiger partial charge in [0.1, 0.15) is 6.61 Å². The minimum atomic E-state index is -0.455. The molecular weight excluding hydrogens is 224 g/mol. The topological polar surface area (TPSA) is 72.8 Å². The van der Waals surface area contributed by atoms with Crippen LogP contribution in [0.2, 0.25) is 0 Å². The Hall–Kier alpha value is -1.62. The summed E-state index contributed by atoms with van der Waals surface area (Å²) in [5.74, 6) is -0.767. The number of carbonyl (C=O) groups is 2. The Labute approximate surface area is 102 Å². The Morgan fingerprint density at radius 2 is 1.47 bits per heavy atom. The fourth-order valence-electron chi connectivity index (χ4n) is 0.516. The van der Waals surface area contributed by atoms with Gasteiger partial charge < -0.3 is 14.6 Å². The van der Waals surface area contributed by atoms with Gasteiger partial charge in [-0.3, -0.25) is 0 Å². The van der Waals surface area contributed by atoms with Crippen LogP contribution in [0, 0.1) is 0 Å². The molecule has 0 saturated carbocycles. The number of aliphatic hydroxyl groups is 1. The van der Waals surface area contributed by atoms with Crippen molar-refractivity contribution in [3.05, 3.63) is 24.3 Å². The number of ether oxygens (including phenoxy) is 2. The van der Waals surface area contributed by atoms with Crippen LogP contribution in [0.15, 0.2) is 24.3 Å².